The fourth-order valence-electron chi connectivity index (χ4n) is 2.09. The van der Waals surface area contributed by atoms with E-state index in [1.54, 1.807) is 25.1 Å². The van der Waals surface area contributed by atoms with E-state index in [9.17, 15) is 13.6 Å². The molecule has 1 heterocycles. The zero-order valence-electron chi connectivity index (χ0n) is 13.7. The van der Waals surface area contributed by atoms with Crippen LogP contribution in [0.3, 0.4) is 0 Å². The summed E-state index contributed by atoms with van der Waals surface area (Å²) >= 11 is 1.04. The van der Waals surface area contributed by atoms with Gasteiger partial charge in [0, 0.05) is 10.5 Å². The van der Waals surface area contributed by atoms with E-state index in [-0.39, 0.29) is 29.2 Å². The number of carbonyl (C=O) groups excluding carboxylic acids is 1. The maximum absolute atomic E-state index is 13.5. The van der Waals surface area contributed by atoms with Gasteiger partial charge in [0.25, 0.3) is 5.89 Å². The molecule has 2 aromatic carbocycles. The van der Waals surface area contributed by atoms with Crippen LogP contribution in [0, 0.1) is 11.6 Å². The molecule has 0 aliphatic carbocycles. The van der Waals surface area contributed by atoms with E-state index in [1.807, 2.05) is 0 Å². The van der Waals surface area contributed by atoms with E-state index < -0.39 is 12.1 Å². The average Bonchev–Trinajstić information content (AvgIpc) is 3.12. The largest absolute Gasteiger partial charge is 0.452 e. The summed E-state index contributed by atoms with van der Waals surface area (Å²) in [6.07, 6.45) is -0.759. The summed E-state index contributed by atoms with van der Waals surface area (Å²) < 4.78 is 37.2. The van der Waals surface area contributed by atoms with Crippen molar-refractivity contribution in [2.24, 2.45) is 0 Å². The van der Waals surface area contributed by atoms with Crippen LogP contribution >= 0.6 is 11.8 Å². The minimum Gasteiger partial charge on any atom is -0.452 e. The van der Waals surface area contributed by atoms with Crippen LogP contribution in [0.5, 0.6) is 0 Å². The number of nitrogens with zero attached hydrogens (tertiary/aromatic N) is 2. The predicted molar refractivity (Wildman–Crippen MR) is 91.3 cm³/mol. The Labute approximate surface area is 152 Å². The number of hydrogen-bond donors (Lipinski definition) is 0. The van der Waals surface area contributed by atoms with E-state index in [0.717, 1.165) is 11.8 Å². The van der Waals surface area contributed by atoms with E-state index >= 15 is 0 Å². The summed E-state index contributed by atoms with van der Waals surface area (Å²) in [6.45, 7) is 1.59. The maximum atomic E-state index is 13.5. The number of ether oxygens (including phenoxy) is 1. The van der Waals surface area contributed by atoms with Crippen molar-refractivity contribution in [2.45, 2.75) is 17.9 Å². The highest BCUT2D eigenvalue weighted by Crippen LogP contribution is 2.25. The molecule has 0 N–H and O–H groups in total. The molecule has 1 atom stereocenters. The van der Waals surface area contributed by atoms with Crippen molar-refractivity contribution in [1.82, 2.24) is 10.2 Å². The molecule has 1 aromatic heterocycles. The van der Waals surface area contributed by atoms with Gasteiger partial charge in [0.05, 0.1) is 5.75 Å². The summed E-state index contributed by atoms with van der Waals surface area (Å²) in [5.74, 6) is -1.03. The van der Waals surface area contributed by atoms with Gasteiger partial charge in [0.1, 0.15) is 11.6 Å². The lowest BCUT2D eigenvalue weighted by Crippen LogP contribution is -2.11. The number of esters is 1. The van der Waals surface area contributed by atoms with Crippen molar-refractivity contribution in [3.05, 3.63) is 66.1 Å². The molecule has 0 aliphatic heterocycles. The topological polar surface area (TPSA) is 65.2 Å². The second kappa shape index (κ2) is 8.09. The Morgan fingerprint density at radius 2 is 1.88 bits per heavy atom. The van der Waals surface area contributed by atoms with Crippen LogP contribution in [-0.4, -0.2) is 21.9 Å². The van der Waals surface area contributed by atoms with E-state index in [1.165, 1.54) is 30.3 Å². The van der Waals surface area contributed by atoms with Gasteiger partial charge in [-0.3, -0.25) is 4.79 Å². The van der Waals surface area contributed by atoms with Crippen LogP contribution in [0.15, 0.2) is 57.8 Å². The highest BCUT2D eigenvalue weighted by Gasteiger charge is 2.19. The third kappa shape index (κ3) is 4.45. The molecule has 0 bridgehead atoms. The highest BCUT2D eigenvalue weighted by molar-refractivity contribution is 8.00. The van der Waals surface area contributed by atoms with Crippen molar-refractivity contribution in [2.75, 3.05) is 5.75 Å². The van der Waals surface area contributed by atoms with Gasteiger partial charge in [-0.25, -0.2) is 8.78 Å². The molecule has 5 nitrogen and oxygen atoms in total. The molecule has 8 heteroatoms. The normalized spacial score (nSPS) is 12.0. The first-order valence-corrected chi connectivity index (χ1v) is 8.67. The van der Waals surface area contributed by atoms with Crippen LogP contribution in [0.25, 0.3) is 11.5 Å². The zero-order valence-corrected chi connectivity index (χ0v) is 14.5. The number of hydrogen-bond acceptors (Lipinski definition) is 6. The number of carbonyl (C=O) groups is 1. The van der Waals surface area contributed by atoms with Gasteiger partial charge in [-0.15, -0.1) is 22.0 Å². The Hall–Kier alpha value is -2.74. The number of aromatic nitrogens is 2. The Kier molecular flexibility index (Phi) is 5.62. The average molecular weight is 376 g/mol. The SMILES string of the molecule is C[C@@H](OC(=O)CSc1ccccc1F)c1nnc(-c2ccc(F)cc2)o1. The van der Waals surface area contributed by atoms with Crippen molar-refractivity contribution < 1.29 is 22.7 Å². The van der Waals surface area contributed by atoms with Gasteiger partial charge in [-0.1, -0.05) is 12.1 Å². The molecule has 0 amide bonds. The smallest absolute Gasteiger partial charge is 0.317 e. The van der Waals surface area contributed by atoms with Gasteiger partial charge in [0.15, 0.2) is 6.10 Å². The Bertz CT molecular complexity index is 899. The van der Waals surface area contributed by atoms with Gasteiger partial charge in [0.2, 0.25) is 5.89 Å². The molecule has 0 unspecified atom stereocenters. The number of benzene rings is 2. The van der Waals surface area contributed by atoms with Crippen LogP contribution in [0.4, 0.5) is 8.78 Å². The van der Waals surface area contributed by atoms with E-state index in [0.29, 0.717) is 10.5 Å². The molecule has 0 saturated heterocycles. The first-order chi connectivity index (χ1) is 12.5. The first kappa shape index (κ1) is 18.1. The molecule has 0 fully saturated rings. The third-order valence-corrected chi connectivity index (χ3v) is 4.39. The maximum Gasteiger partial charge on any atom is 0.317 e. The Morgan fingerprint density at radius 1 is 1.15 bits per heavy atom. The number of halogens is 2. The van der Waals surface area contributed by atoms with Gasteiger partial charge in [-0.2, -0.15) is 0 Å². The second-order valence-corrected chi connectivity index (χ2v) is 6.32. The van der Waals surface area contributed by atoms with Crippen LogP contribution < -0.4 is 0 Å². The fraction of sp³-hybridized carbons (Fsp3) is 0.167. The van der Waals surface area contributed by atoms with Crippen LogP contribution in [-0.2, 0) is 9.53 Å². The molecule has 26 heavy (non-hydrogen) atoms. The molecule has 0 spiro atoms. The Morgan fingerprint density at radius 3 is 2.62 bits per heavy atom. The van der Waals surface area contributed by atoms with Crippen molar-refractivity contribution in [3.63, 3.8) is 0 Å². The molecule has 3 aromatic rings. The molecule has 0 aliphatic rings. The van der Waals surface area contributed by atoms with Gasteiger partial charge < -0.3 is 9.15 Å². The quantitative estimate of drug-likeness (QED) is 0.469. The zero-order chi connectivity index (χ0) is 18.5. The van der Waals surface area contributed by atoms with Crippen molar-refractivity contribution in [3.8, 4) is 11.5 Å². The van der Waals surface area contributed by atoms with Crippen LogP contribution in [0.1, 0.15) is 18.9 Å². The highest BCUT2D eigenvalue weighted by atomic mass is 32.2. The monoisotopic (exact) mass is 376 g/mol. The molecule has 0 saturated carbocycles. The molecular weight excluding hydrogens is 362 g/mol. The molecule has 3 rings (SSSR count). The standard InChI is InChI=1S/C18H14F2N2O3S/c1-11(24-16(23)10-26-15-5-3-2-4-14(15)20)17-21-22-18(25-17)12-6-8-13(19)9-7-12/h2-9,11H,10H2,1H3/t11-/m1/s1. The summed E-state index contributed by atoms with van der Waals surface area (Å²) in [5, 5.41) is 7.71. The van der Waals surface area contributed by atoms with Crippen molar-refractivity contribution >= 4 is 17.7 Å². The molecular formula is C18H14F2N2O3S. The van der Waals surface area contributed by atoms with Crippen LogP contribution in [0.2, 0.25) is 0 Å². The first-order valence-electron chi connectivity index (χ1n) is 7.69. The Balaban J connectivity index is 1.58. The lowest BCUT2D eigenvalue weighted by Gasteiger charge is -2.09. The molecule has 134 valence electrons. The summed E-state index contributed by atoms with van der Waals surface area (Å²) in [6, 6.07) is 11.8. The molecule has 0 radical (unpaired) electrons. The second-order valence-electron chi connectivity index (χ2n) is 5.30. The number of thioether (sulfide) groups is 1. The van der Waals surface area contributed by atoms with E-state index in [4.69, 9.17) is 9.15 Å². The van der Waals surface area contributed by atoms with Gasteiger partial charge in [-0.05, 0) is 43.3 Å². The summed E-state index contributed by atoms with van der Waals surface area (Å²) in [5.41, 5.74) is 0.554. The van der Waals surface area contributed by atoms with Gasteiger partial charge >= 0.3 is 5.97 Å². The van der Waals surface area contributed by atoms with E-state index in [2.05, 4.69) is 10.2 Å². The minimum absolute atomic E-state index is 0.0514. The number of rotatable bonds is 6. The third-order valence-electron chi connectivity index (χ3n) is 3.37. The van der Waals surface area contributed by atoms with Crippen molar-refractivity contribution in [1.29, 1.82) is 0 Å². The minimum atomic E-state index is -0.759. The fourth-order valence-corrected chi connectivity index (χ4v) is 2.81. The predicted octanol–water partition coefficient (Wildman–Crippen LogP) is 4.41. The summed E-state index contributed by atoms with van der Waals surface area (Å²) in [7, 11) is 0. The lowest BCUT2D eigenvalue weighted by molar-refractivity contribution is -0.146. The lowest BCUT2D eigenvalue weighted by atomic mass is 10.2. The summed E-state index contributed by atoms with van der Waals surface area (Å²) in [4.78, 5) is 12.3.